The molecule has 13 heteroatoms. The minimum Gasteiger partial charge on any atom is -0.547 e. The number of anilines is 2. The van der Waals surface area contributed by atoms with Crippen molar-refractivity contribution in [1.82, 2.24) is 10.1 Å². The van der Waals surface area contributed by atoms with Crippen molar-refractivity contribution in [3.05, 3.63) is 28.2 Å². The highest BCUT2D eigenvalue weighted by atomic mass is 35.5. The summed E-state index contributed by atoms with van der Waals surface area (Å²) < 4.78 is 5.97. The van der Waals surface area contributed by atoms with Gasteiger partial charge >= 0.3 is 5.95 Å². The van der Waals surface area contributed by atoms with Crippen molar-refractivity contribution in [1.29, 1.82) is 0 Å². The summed E-state index contributed by atoms with van der Waals surface area (Å²) in [5, 5.41) is 45.7. The van der Waals surface area contributed by atoms with E-state index in [4.69, 9.17) is 39.4 Å². The lowest BCUT2D eigenvalue weighted by Crippen LogP contribution is -2.66. The van der Waals surface area contributed by atoms with E-state index in [9.17, 15) is 25.2 Å². The van der Waals surface area contributed by atoms with E-state index >= 15 is 0 Å². The molecular formula is C15H15Cl2N5O6. The molecule has 1 aliphatic rings. The number of carboxylic acids is 1. The van der Waals surface area contributed by atoms with E-state index in [0.29, 0.717) is 0 Å². The maximum atomic E-state index is 11.2. The Bertz CT molecular complexity index is 932. The zero-order valence-electron chi connectivity index (χ0n) is 13.9. The Morgan fingerprint density at radius 3 is 2.50 bits per heavy atom. The molecule has 0 spiro atoms. The number of nitrogens with two attached hydrogens (primary N) is 2. The van der Waals surface area contributed by atoms with Gasteiger partial charge in [0.1, 0.15) is 24.4 Å². The number of aliphatic hydroxyl groups excluding tert-OH is 3. The van der Waals surface area contributed by atoms with E-state index in [2.05, 4.69) is 10.1 Å². The molecule has 0 amide bonds. The molecule has 150 valence electrons. The first-order chi connectivity index (χ1) is 13.1. The molecule has 2 aromatic rings. The van der Waals surface area contributed by atoms with Crippen LogP contribution in [0.1, 0.15) is 6.23 Å². The number of aromatic nitrogens is 3. The summed E-state index contributed by atoms with van der Waals surface area (Å²) in [4.78, 5) is 15.1. The summed E-state index contributed by atoms with van der Waals surface area (Å²) in [6.07, 6.45) is -9.18. The van der Waals surface area contributed by atoms with Crippen LogP contribution in [0.25, 0.3) is 11.3 Å². The van der Waals surface area contributed by atoms with Crippen LogP contribution >= 0.6 is 23.2 Å². The normalized spacial score (nSPS) is 27.5. The van der Waals surface area contributed by atoms with E-state index in [0.717, 1.165) is 4.68 Å². The Hall–Kier alpha value is -2.28. The van der Waals surface area contributed by atoms with Crippen molar-refractivity contribution in [2.24, 2.45) is 0 Å². The Kier molecular flexibility index (Phi) is 5.57. The SMILES string of the molecule is N[13c]1n[13c](N)[n+]([C@H]2O[C@@H](C(=O)[O-])[C@H](O)[C@@H](O)[C@@H]2O)n[13c]1-c1cccc(Cl)c1Cl. The van der Waals surface area contributed by atoms with Crippen LogP contribution in [-0.4, -0.2) is 55.8 Å². The molecule has 3 rings (SSSR count). The molecule has 0 saturated carbocycles. The number of carbonyl (C=O) groups excluding carboxylic acids is 1. The second-order valence-corrected chi connectivity index (χ2v) is 6.77. The summed E-state index contributed by atoms with van der Waals surface area (Å²) in [6.45, 7) is 0. The van der Waals surface area contributed by atoms with Crippen LogP contribution < -0.4 is 21.3 Å². The summed E-state index contributed by atoms with van der Waals surface area (Å²) in [7, 11) is 0. The third kappa shape index (κ3) is 3.43. The Morgan fingerprint density at radius 1 is 1.18 bits per heavy atom. The number of hydrogen-bond donors (Lipinski definition) is 5. The molecule has 1 saturated heterocycles. The van der Waals surface area contributed by atoms with Crippen LogP contribution in [0.4, 0.5) is 11.8 Å². The van der Waals surface area contributed by atoms with Gasteiger partial charge in [-0.25, -0.2) is 0 Å². The van der Waals surface area contributed by atoms with Gasteiger partial charge in [0.2, 0.25) is 12.0 Å². The zero-order valence-corrected chi connectivity index (χ0v) is 15.4. The van der Waals surface area contributed by atoms with Crippen LogP contribution in [0.2, 0.25) is 10.0 Å². The van der Waals surface area contributed by atoms with Gasteiger partial charge < -0.3 is 35.7 Å². The zero-order chi connectivity index (χ0) is 20.7. The van der Waals surface area contributed by atoms with Gasteiger partial charge in [0.25, 0.3) is 0 Å². The van der Waals surface area contributed by atoms with E-state index < -0.39 is 36.6 Å². The van der Waals surface area contributed by atoms with Gasteiger partial charge in [-0.1, -0.05) is 35.3 Å². The second kappa shape index (κ2) is 7.62. The van der Waals surface area contributed by atoms with Crippen LogP contribution in [-0.2, 0) is 9.53 Å². The van der Waals surface area contributed by atoms with E-state index in [-0.39, 0.29) is 33.1 Å². The number of nitrogen functional groups attached to an aromatic ring is 2. The topological polar surface area (TPSA) is 192 Å². The highest BCUT2D eigenvalue weighted by Gasteiger charge is 2.48. The largest absolute Gasteiger partial charge is 0.547 e. The van der Waals surface area contributed by atoms with Gasteiger partial charge in [-0.3, -0.25) is 5.73 Å². The lowest BCUT2D eigenvalue weighted by Gasteiger charge is -2.39. The third-order valence-corrected chi connectivity index (χ3v) is 5.01. The maximum Gasteiger partial charge on any atom is 0.413 e. The molecule has 0 aliphatic carbocycles. The van der Waals surface area contributed by atoms with E-state index in [1.54, 1.807) is 18.2 Å². The Balaban J connectivity index is 2.12. The monoisotopic (exact) mass is 434 g/mol. The molecule has 1 aromatic heterocycles. The summed E-state index contributed by atoms with van der Waals surface area (Å²) in [5.74, 6) is -2.28. The van der Waals surface area contributed by atoms with Crippen LogP contribution in [0.15, 0.2) is 18.2 Å². The van der Waals surface area contributed by atoms with Crippen molar-refractivity contribution < 1.29 is 34.6 Å². The average Bonchev–Trinajstić information content (AvgIpc) is 2.63. The lowest BCUT2D eigenvalue weighted by molar-refractivity contribution is -0.813. The Morgan fingerprint density at radius 2 is 1.86 bits per heavy atom. The molecule has 1 aliphatic heterocycles. The molecule has 1 fully saturated rings. The maximum absolute atomic E-state index is 11.2. The fraction of sp³-hybridized carbons (Fsp3) is 0.333. The van der Waals surface area contributed by atoms with Gasteiger partial charge in [-0.2, -0.15) is 0 Å². The summed E-state index contributed by atoms with van der Waals surface area (Å²) >= 11 is 12.2. The molecule has 0 unspecified atom stereocenters. The first-order valence-corrected chi connectivity index (χ1v) is 8.58. The van der Waals surface area contributed by atoms with Crippen molar-refractivity contribution >= 4 is 40.9 Å². The van der Waals surface area contributed by atoms with Gasteiger partial charge in [0.05, 0.1) is 16.0 Å². The number of aliphatic carboxylic acids is 1. The summed E-state index contributed by atoms with van der Waals surface area (Å²) in [6, 6.07) is 4.68. The quantitative estimate of drug-likeness (QED) is 0.326. The van der Waals surface area contributed by atoms with Gasteiger partial charge in [0, 0.05) is 5.56 Å². The third-order valence-electron chi connectivity index (χ3n) is 4.19. The van der Waals surface area contributed by atoms with Crippen molar-refractivity contribution in [2.45, 2.75) is 30.6 Å². The van der Waals surface area contributed by atoms with Crippen molar-refractivity contribution in [2.75, 3.05) is 11.5 Å². The predicted molar refractivity (Wildman–Crippen MR) is 93.4 cm³/mol. The number of halogens is 2. The molecule has 7 N–H and O–H groups in total. The van der Waals surface area contributed by atoms with Crippen LogP contribution in [0.3, 0.4) is 0 Å². The molecule has 1 aromatic carbocycles. The molecule has 11 nitrogen and oxygen atoms in total. The fourth-order valence-corrected chi connectivity index (χ4v) is 3.15. The number of rotatable bonds is 3. The van der Waals surface area contributed by atoms with E-state index in [1.165, 1.54) is 0 Å². The van der Waals surface area contributed by atoms with Crippen LogP contribution in [0, 0.1) is 0 Å². The van der Waals surface area contributed by atoms with Crippen LogP contribution in [0.5, 0.6) is 0 Å². The molecule has 2 heterocycles. The number of carbonyl (C=O) groups is 1. The first kappa shape index (κ1) is 20.5. The summed E-state index contributed by atoms with van der Waals surface area (Å²) in [5.41, 5.74) is 12.0. The molecule has 0 radical (unpaired) electrons. The van der Waals surface area contributed by atoms with Gasteiger partial charge in [-0.15, -0.1) is 9.78 Å². The number of benzene rings is 1. The number of hydrogen-bond acceptors (Lipinski definition) is 10. The Labute approximate surface area is 167 Å². The molecule has 0 bridgehead atoms. The number of carboxylic acid groups (broad SMARTS) is 1. The highest BCUT2D eigenvalue weighted by molar-refractivity contribution is 6.43. The lowest BCUT2D eigenvalue weighted by atomic mass is 9.98. The molecular weight excluding hydrogens is 420 g/mol. The second-order valence-electron chi connectivity index (χ2n) is 5.99. The number of ether oxygens (including phenoxy) is 1. The highest BCUT2D eigenvalue weighted by Crippen LogP contribution is 2.34. The average molecular weight is 435 g/mol. The van der Waals surface area contributed by atoms with Gasteiger partial charge in [-0.05, 0) is 11.1 Å². The van der Waals surface area contributed by atoms with Crippen molar-refractivity contribution in [3.8, 4) is 11.3 Å². The number of nitrogens with zero attached hydrogens (tertiary/aromatic N) is 3. The first-order valence-electron chi connectivity index (χ1n) is 7.83. The standard InChI is InChI=1S/C15H15Cl2N5O6/c16-5-3-1-2-4(6(5)17)7-12(18)20-15(19)22(21-7)13-10(25)8(23)9(24)11(28-13)14(26)27/h1-3,8-11,13,23-25H,(H4,18,19,20,26,27)/t8-,9-,10+,11-,13+/m1/s1/i7+1,12+1,15+1. The predicted octanol–water partition coefficient (Wildman–Crippen LogP) is -2.37. The molecule has 28 heavy (non-hydrogen) atoms. The molecule has 5 atom stereocenters. The smallest absolute Gasteiger partial charge is 0.413 e. The van der Waals surface area contributed by atoms with E-state index in [1.807, 2.05) is 0 Å². The van der Waals surface area contributed by atoms with Crippen molar-refractivity contribution in [3.63, 3.8) is 0 Å². The number of aliphatic hydroxyl groups is 3. The van der Waals surface area contributed by atoms with Gasteiger partial charge in [0.15, 0.2) is 5.69 Å². The fourth-order valence-electron chi connectivity index (χ4n) is 2.76. The minimum atomic E-state index is -1.95. The minimum absolute atomic E-state index is 0.0168.